The van der Waals surface area contributed by atoms with E-state index >= 15 is 0 Å². The van der Waals surface area contributed by atoms with Gasteiger partial charge in [0.25, 0.3) is 0 Å². The van der Waals surface area contributed by atoms with E-state index in [1.54, 1.807) is 6.08 Å². The summed E-state index contributed by atoms with van der Waals surface area (Å²) >= 11 is 0. The zero-order chi connectivity index (χ0) is 19.4. The van der Waals surface area contributed by atoms with E-state index in [0.29, 0.717) is 25.7 Å². The molecule has 0 bridgehead atoms. The maximum atomic E-state index is 10.5. The van der Waals surface area contributed by atoms with E-state index in [4.69, 9.17) is 9.84 Å². The van der Waals surface area contributed by atoms with Crippen LogP contribution in [0.15, 0.2) is 24.3 Å². The van der Waals surface area contributed by atoms with Gasteiger partial charge >= 0.3 is 5.97 Å². The highest BCUT2D eigenvalue weighted by Crippen LogP contribution is 2.27. The van der Waals surface area contributed by atoms with Crippen LogP contribution in [0.5, 0.6) is 0 Å². The van der Waals surface area contributed by atoms with Gasteiger partial charge in [-0.2, -0.15) is 0 Å². The lowest BCUT2D eigenvalue weighted by molar-refractivity contribution is -0.137. The lowest BCUT2D eigenvalue weighted by Crippen LogP contribution is -2.25. The van der Waals surface area contributed by atoms with Crippen molar-refractivity contribution in [2.45, 2.75) is 95.2 Å². The molecular weight excluding hydrogens is 336 g/mol. The van der Waals surface area contributed by atoms with Gasteiger partial charge in [0, 0.05) is 12.8 Å². The number of hydrogen-bond acceptors (Lipinski definition) is 5. The van der Waals surface area contributed by atoms with Crippen molar-refractivity contribution in [2.24, 2.45) is 0 Å². The van der Waals surface area contributed by atoms with E-state index in [1.165, 1.54) is 18.9 Å². The summed E-state index contributed by atoms with van der Waals surface area (Å²) in [6.45, 7) is 2.16. The van der Waals surface area contributed by atoms with E-state index < -0.39 is 36.5 Å². The molecule has 1 aliphatic rings. The number of hydrogen-bond donors (Lipinski definition) is 4. The molecule has 0 radical (unpaired) electrons. The summed E-state index contributed by atoms with van der Waals surface area (Å²) in [5.74, 6) is -0.870. The summed E-state index contributed by atoms with van der Waals surface area (Å²) in [6.07, 6.45) is 10.1. The normalized spacial score (nSPS) is 25.9. The quantitative estimate of drug-likeness (QED) is 0.293. The summed E-state index contributed by atoms with van der Waals surface area (Å²) in [5.41, 5.74) is 0. The lowest BCUT2D eigenvalue weighted by Gasteiger charge is -2.17. The van der Waals surface area contributed by atoms with Gasteiger partial charge in [0.05, 0.1) is 30.5 Å². The van der Waals surface area contributed by atoms with Gasteiger partial charge in [0.2, 0.25) is 0 Å². The predicted octanol–water partition coefficient (Wildman–Crippen LogP) is 2.56. The average molecular weight is 370 g/mol. The highest BCUT2D eigenvalue weighted by atomic mass is 16.5. The first-order valence-electron chi connectivity index (χ1n) is 9.68. The van der Waals surface area contributed by atoms with Gasteiger partial charge in [0.15, 0.2) is 0 Å². The summed E-state index contributed by atoms with van der Waals surface area (Å²) in [4.78, 5) is 10.5. The van der Waals surface area contributed by atoms with Gasteiger partial charge in [-0.05, 0) is 32.1 Å². The SMILES string of the molecule is CCCCC/C=C\C[C@H](O)/C=C\[C@H](O)[C@H]1C[C@@H](O)[C@H](CCCC(=O)O)O1. The number of aliphatic carboxylic acids is 1. The Labute approximate surface area is 156 Å². The highest BCUT2D eigenvalue weighted by molar-refractivity contribution is 5.66. The predicted molar refractivity (Wildman–Crippen MR) is 99.8 cm³/mol. The topological polar surface area (TPSA) is 107 Å². The number of aliphatic hydroxyl groups is 3. The molecule has 5 atom stereocenters. The van der Waals surface area contributed by atoms with Crippen LogP contribution in [0.4, 0.5) is 0 Å². The smallest absolute Gasteiger partial charge is 0.303 e. The maximum Gasteiger partial charge on any atom is 0.303 e. The molecule has 1 heterocycles. The van der Waals surface area contributed by atoms with Gasteiger partial charge in [-0.3, -0.25) is 4.79 Å². The molecule has 150 valence electrons. The largest absolute Gasteiger partial charge is 0.481 e. The number of aliphatic hydroxyl groups excluding tert-OH is 3. The number of allylic oxidation sites excluding steroid dienone is 1. The van der Waals surface area contributed by atoms with Gasteiger partial charge in [-0.1, -0.05) is 44.1 Å². The van der Waals surface area contributed by atoms with E-state index in [1.807, 2.05) is 6.08 Å². The van der Waals surface area contributed by atoms with Crippen LogP contribution in [0, 0.1) is 0 Å². The number of unbranched alkanes of at least 4 members (excludes halogenated alkanes) is 3. The van der Waals surface area contributed by atoms with E-state index in [2.05, 4.69) is 13.0 Å². The Balaban J connectivity index is 2.29. The first kappa shape index (κ1) is 22.8. The van der Waals surface area contributed by atoms with Crippen LogP contribution in [0.3, 0.4) is 0 Å². The van der Waals surface area contributed by atoms with E-state index in [0.717, 1.165) is 12.8 Å². The Morgan fingerprint density at radius 2 is 1.96 bits per heavy atom. The molecule has 26 heavy (non-hydrogen) atoms. The second kappa shape index (κ2) is 13.0. The van der Waals surface area contributed by atoms with Crippen molar-refractivity contribution in [2.75, 3.05) is 0 Å². The molecule has 0 aliphatic carbocycles. The molecule has 1 fully saturated rings. The van der Waals surface area contributed by atoms with Crippen LogP contribution in [0.25, 0.3) is 0 Å². The van der Waals surface area contributed by atoms with Gasteiger partial charge < -0.3 is 25.2 Å². The van der Waals surface area contributed by atoms with E-state index in [9.17, 15) is 20.1 Å². The number of carboxylic acids is 1. The lowest BCUT2D eigenvalue weighted by atomic mass is 10.0. The molecule has 0 aromatic heterocycles. The maximum absolute atomic E-state index is 10.5. The van der Waals surface area contributed by atoms with Crippen LogP contribution < -0.4 is 0 Å². The summed E-state index contributed by atoms with van der Waals surface area (Å²) in [7, 11) is 0. The molecule has 0 spiro atoms. The number of ether oxygens (including phenoxy) is 1. The molecule has 6 nitrogen and oxygen atoms in total. The van der Waals surface area contributed by atoms with Crippen molar-refractivity contribution < 1.29 is 30.0 Å². The zero-order valence-corrected chi connectivity index (χ0v) is 15.7. The molecule has 4 N–H and O–H groups in total. The van der Waals surface area contributed by atoms with Crippen molar-refractivity contribution in [3.05, 3.63) is 24.3 Å². The Morgan fingerprint density at radius 3 is 2.65 bits per heavy atom. The molecule has 0 amide bonds. The Morgan fingerprint density at radius 1 is 1.19 bits per heavy atom. The Hall–Kier alpha value is -1.21. The summed E-state index contributed by atoms with van der Waals surface area (Å²) in [6, 6.07) is 0. The molecule has 0 unspecified atom stereocenters. The third-order valence-electron chi connectivity index (χ3n) is 4.56. The molecule has 0 saturated carbocycles. The molecule has 6 heteroatoms. The second-order valence-corrected chi connectivity index (χ2v) is 6.95. The number of rotatable bonds is 13. The van der Waals surface area contributed by atoms with Crippen molar-refractivity contribution >= 4 is 5.97 Å². The highest BCUT2D eigenvalue weighted by Gasteiger charge is 2.36. The minimum absolute atomic E-state index is 0.0395. The molecule has 0 aromatic carbocycles. The third kappa shape index (κ3) is 9.48. The monoisotopic (exact) mass is 370 g/mol. The fourth-order valence-corrected chi connectivity index (χ4v) is 3.01. The molecule has 0 aromatic rings. The average Bonchev–Trinajstić information content (AvgIpc) is 2.96. The minimum atomic E-state index is -0.905. The molecule has 1 saturated heterocycles. The van der Waals surface area contributed by atoms with Crippen LogP contribution in [-0.4, -0.2) is 56.9 Å². The first-order valence-corrected chi connectivity index (χ1v) is 9.68. The van der Waals surface area contributed by atoms with Crippen LogP contribution in [0.1, 0.15) is 64.7 Å². The van der Waals surface area contributed by atoms with Crippen molar-refractivity contribution in [3.8, 4) is 0 Å². The van der Waals surface area contributed by atoms with E-state index in [-0.39, 0.29) is 6.42 Å². The summed E-state index contributed by atoms with van der Waals surface area (Å²) < 4.78 is 5.65. The molecular formula is C20H34O6. The van der Waals surface area contributed by atoms with Crippen LogP contribution in [0.2, 0.25) is 0 Å². The molecule has 1 rings (SSSR count). The standard InChI is InChI=1S/C20H34O6/c1-2-3-4-5-6-7-9-15(21)12-13-16(22)19-14-17(23)18(26-19)10-8-11-20(24)25/h6-7,12-13,15-19,21-23H,2-5,8-11,14H2,1H3,(H,24,25)/b7-6-,13-12-/t15-,16-,17+,18-,19+/m0/s1. The second-order valence-electron chi connectivity index (χ2n) is 6.95. The van der Waals surface area contributed by atoms with Crippen molar-refractivity contribution in [1.82, 2.24) is 0 Å². The van der Waals surface area contributed by atoms with Gasteiger partial charge in [-0.15, -0.1) is 0 Å². The van der Waals surface area contributed by atoms with Gasteiger partial charge in [-0.25, -0.2) is 0 Å². The fraction of sp³-hybridized carbons (Fsp3) is 0.750. The van der Waals surface area contributed by atoms with Crippen molar-refractivity contribution in [1.29, 1.82) is 0 Å². The minimum Gasteiger partial charge on any atom is -0.481 e. The first-order chi connectivity index (χ1) is 12.4. The molecule has 1 aliphatic heterocycles. The third-order valence-corrected chi connectivity index (χ3v) is 4.56. The number of carboxylic acid groups (broad SMARTS) is 1. The Bertz CT molecular complexity index is 448. The van der Waals surface area contributed by atoms with Crippen LogP contribution in [-0.2, 0) is 9.53 Å². The van der Waals surface area contributed by atoms with Gasteiger partial charge in [0.1, 0.15) is 0 Å². The number of carbonyl (C=O) groups is 1. The van der Waals surface area contributed by atoms with Crippen molar-refractivity contribution in [3.63, 3.8) is 0 Å². The zero-order valence-electron chi connectivity index (χ0n) is 15.7. The van der Waals surface area contributed by atoms with Crippen LogP contribution >= 0.6 is 0 Å². The fourth-order valence-electron chi connectivity index (χ4n) is 3.01. The Kier molecular flexibility index (Phi) is 11.4. The summed E-state index contributed by atoms with van der Waals surface area (Å²) in [5, 5.41) is 38.7.